The molecular formula is C21H27NO5. The maximum absolute atomic E-state index is 12.8. The summed E-state index contributed by atoms with van der Waals surface area (Å²) in [4.78, 5) is 27.3. The zero-order valence-corrected chi connectivity index (χ0v) is 16.2. The first kappa shape index (κ1) is 19.3. The number of rotatable bonds is 6. The van der Waals surface area contributed by atoms with Crippen LogP contribution in [0.3, 0.4) is 0 Å². The summed E-state index contributed by atoms with van der Waals surface area (Å²) in [6.45, 7) is 2.56. The topological polar surface area (TPSA) is 65.1 Å². The molecular weight excluding hydrogens is 346 g/mol. The normalized spacial score (nSPS) is 22.0. The van der Waals surface area contributed by atoms with E-state index in [1.54, 1.807) is 19.1 Å². The SMILES string of the molecule is CCOC(=O)[C@@]12CCCC=C1N(Cc1ccc(OC)c(OC)c1)C(=O)CC2. The van der Waals surface area contributed by atoms with Crippen LogP contribution < -0.4 is 9.47 Å². The quantitative estimate of drug-likeness (QED) is 0.715. The Labute approximate surface area is 160 Å². The van der Waals surface area contributed by atoms with E-state index in [9.17, 15) is 9.59 Å². The lowest BCUT2D eigenvalue weighted by Crippen LogP contribution is -2.49. The van der Waals surface area contributed by atoms with Crippen LogP contribution in [0.5, 0.6) is 11.5 Å². The molecule has 146 valence electrons. The van der Waals surface area contributed by atoms with Crippen LogP contribution in [-0.4, -0.2) is 37.6 Å². The summed E-state index contributed by atoms with van der Waals surface area (Å²) in [6.07, 6.45) is 5.45. The fourth-order valence-electron chi connectivity index (χ4n) is 4.09. The number of fused-ring (bicyclic) bond motifs is 1. The monoisotopic (exact) mass is 373 g/mol. The number of carbonyl (C=O) groups is 2. The van der Waals surface area contributed by atoms with Crippen LogP contribution >= 0.6 is 0 Å². The van der Waals surface area contributed by atoms with Crippen LogP contribution in [-0.2, 0) is 20.9 Å². The Balaban J connectivity index is 1.93. The van der Waals surface area contributed by atoms with E-state index in [-0.39, 0.29) is 11.9 Å². The molecule has 1 saturated heterocycles. The van der Waals surface area contributed by atoms with E-state index < -0.39 is 5.41 Å². The van der Waals surface area contributed by atoms with Crippen molar-refractivity contribution < 1.29 is 23.8 Å². The van der Waals surface area contributed by atoms with Gasteiger partial charge in [0.15, 0.2) is 11.5 Å². The number of hydrogen-bond acceptors (Lipinski definition) is 5. The maximum atomic E-state index is 12.8. The lowest BCUT2D eigenvalue weighted by atomic mass is 9.69. The maximum Gasteiger partial charge on any atom is 0.318 e. The first-order chi connectivity index (χ1) is 13.1. The summed E-state index contributed by atoms with van der Waals surface area (Å²) < 4.78 is 16.0. The molecule has 3 rings (SSSR count). The number of methoxy groups -OCH3 is 2. The van der Waals surface area contributed by atoms with Gasteiger partial charge in [0.25, 0.3) is 0 Å². The number of amides is 1. The second-order valence-electron chi connectivity index (χ2n) is 6.95. The first-order valence-electron chi connectivity index (χ1n) is 9.45. The summed E-state index contributed by atoms with van der Waals surface area (Å²) in [5.74, 6) is 1.09. The predicted molar refractivity (Wildman–Crippen MR) is 100 cm³/mol. The minimum absolute atomic E-state index is 0.0397. The van der Waals surface area contributed by atoms with Gasteiger partial charge in [-0.15, -0.1) is 0 Å². The molecule has 1 fully saturated rings. The number of piperidine rings is 1. The zero-order valence-electron chi connectivity index (χ0n) is 16.2. The van der Waals surface area contributed by atoms with E-state index >= 15 is 0 Å². The van der Waals surface area contributed by atoms with Gasteiger partial charge in [-0.3, -0.25) is 9.59 Å². The molecule has 1 aliphatic carbocycles. The van der Waals surface area contributed by atoms with E-state index in [2.05, 4.69) is 0 Å². The molecule has 1 atom stereocenters. The van der Waals surface area contributed by atoms with Gasteiger partial charge >= 0.3 is 5.97 Å². The predicted octanol–water partition coefficient (Wildman–Crippen LogP) is 3.44. The Morgan fingerprint density at radius 3 is 2.67 bits per heavy atom. The zero-order chi connectivity index (χ0) is 19.4. The van der Waals surface area contributed by atoms with Crippen molar-refractivity contribution in [2.24, 2.45) is 5.41 Å². The largest absolute Gasteiger partial charge is 0.493 e. The molecule has 1 aliphatic heterocycles. The Morgan fingerprint density at radius 1 is 1.19 bits per heavy atom. The average Bonchev–Trinajstić information content (AvgIpc) is 2.70. The average molecular weight is 373 g/mol. The highest BCUT2D eigenvalue weighted by Gasteiger charge is 2.50. The second kappa shape index (κ2) is 8.03. The molecule has 2 aliphatic rings. The second-order valence-corrected chi connectivity index (χ2v) is 6.95. The van der Waals surface area contributed by atoms with Crippen molar-refractivity contribution in [3.8, 4) is 11.5 Å². The van der Waals surface area contributed by atoms with Crippen molar-refractivity contribution in [2.45, 2.75) is 45.6 Å². The molecule has 1 heterocycles. The minimum atomic E-state index is -0.696. The van der Waals surface area contributed by atoms with Crippen molar-refractivity contribution in [2.75, 3.05) is 20.8 Å². The molecule has 0 bridgehead atoms. The third-order valence-electron chi connectivity index (χ3n) is 5.45. The molecule has 0 radical (unpaired) electrons. The lowest BCUT2D eigenvalue weighted by molar-refractivity contribution is -0.159. The van der Waals surface area contributed by atoms with Crippen LogP contribution in [0.4, 0.5) is 0 Å². The van der Waals surface area contributed by atoms with Crippen LogP contribution in [0.15, 0.2) is 30.0 Å². The number of esters is 1. The van der Waals surface area contributed by atoms with E-state index in [0.29, 0.717) is 37.5 Å². The first-order valence-corrected chi connectivity index (χ1v) is 9.45. The minimum Gasteiger partial charge on any atom is -0.493 e. The number of likely N-dealkylation sites (tertiary alicyclic amines) is 1. The Bertz CT molecular complexity index is 757. The van der Waals surface area contributed by atoms with Crippen molar-refractivity contribution in [3.63, 3.8) is 0 Å². The number of carbonyl (C=O) groups excluding carboxylic acids is 2. The van der Waals surface area contributed by atoms with Gasteiger partial charge in [0.05, 0.1) is 27.4 Å². The van der Waals surface area contributed by atoms with Gasteiger partial charge in [-0.1, -0.05) is 12.1 Å². The molecule has 6 heteroatoms. The summed E-state index contributed by atoms with van der Waals surface area (Å²) in [6, 6.07) is 5.62. The molecule has 1 aromatic rings. The Kier molecular flexibility index (Phi) is 5.73. The van der Waals surface area contributed by atoms with Gasteiger partial charge in [0.1, 0.15) is 5.41 Å². The van der Waals surface area contributed by atoms with Crippen LogP contribution in [0.2, 0.25) is 0 Å². The molecule has 27 heavy (non-hydrogen) atoms. The van der Waals surface area contributed by atoms with Gasteiger partial charge < -0.3 is 19.1 Å². The molecule has 0 unspecified atom stereocenters. The summed E-state index contributed by atoms with van der Waals surface area (Å²) >= 11 is 0. The number of hydrogen-bond donors (Lipinski definition) is 0. The van der Waals surface area contributed by atoms with E-state index in [0.717, 1.165) is 30.5 Å². The van der Waals surface area contributed by atoms with Crippen molar-refractivity contribution in [1.82, 2.24) is 4.90 Å². The molecule has 1 amide bonds. The number of nitrogens with zero attached hydrogens (tertiary/aromatic N) is 1. The fourth-order valence-corrected chi connectivity index (χ4v) is 4.09. The number of allylic oxidation sites excluding steroid dienone is 1. The van der Waals surface area contributed by atoms with Gasteiger partial charge in [0.2, 0.25) is 5.91 Å². The van der Waals surface area contributed by atoms with Crippen molar-refractivity contribution >= 4 is 11.9 Å². The summed E-state index contributed by atoms with van der Waals surface area (Å²) in [7, 11) is 3.18. The van der Waals surface area contributed by atoms with E-state index in [4.69, 9.17) is 14.2 Å². The van der Waals surface area contributed by atoms with E-state index in [1.807, 2.05) is 31.2 Å². The van der Waals surface area contributed by atoms with Crippen molar-refractivity contribution in [3.05, 3.63) is 35.5 Å². The third kappa shape index (κ3) is 3.53. The highest BCUT2D eigenvalue weighted by atomic mass is 16.5. The van der Waals surface area contributed by atoms with Gasteiger partial charge in [-0.25, -0.2) is 0 Å². The highest BCUT2D eigenvalue weighted by Crippen LogP contribution is 2.48. The lowest BCUT2D eigenvalue weighted by Gasteiger charge is -2.45. The molecule has 0 saturated carbocycles. The molecule has 1 aromatic carbocycles. The number of benzene rings is 1. The number of ether oxygens (including phenoxy) is 3. The van der Waals surface area contributed by atoms with Crippen molar-refractivity contribution in [1.29, 1.82) is 0 Å². The Morgan fingerprint density at radius 2 is 1.96 bits per heavy atom. The third-order valence-corrected chi connectivity index (χ3v) is 5.45. The van der Waals surface area contributed by atoms with Crippen LogP contribution in [0, 0.1) is 5.41 Å². The highest BCUT2D eigenvalue weighted by molar-refractivity contribution is 5.88. The Hall–Kier alpha value is -2.50. The molecule has 6 nitrogen and oxygen atoms in total. The summed E-state index contributed by atoms with van der Waals surface area (Å²) in [5, 5.41) is 0. The smallest absolute Gasteiger partial charge is 0.318 e. The summed E-state index contributed by atoms with van der Waals surface area (Å²) in [5.41, 5.74) is 1.03. The van der Waals surface area contributed by atoms with Crippen LogP contribution in [0.1, 0.15) is 44.6 Å². The van der Waals surface area contributed by atoms with Gasteiger partial charge in [-0.05, 0) is 50.3 Å². The molecule has 0 spiro atoms. The van der Waals surface area contributed by atoms with Gasteiger partial charge in [-0.2, -0.15) is 0 Å². The van der Waals surface area contributed by atoms with Gasteiger partial charge in [0, 0.05) is 12.1 Å². The van der Waals surface area contributed by atoms with E-state index in [1.165, 1.54) is 0 Å². The fraction of sp³-hybridized carbons (Fsp3) is 0.524. The standard InChI is InChI=1S/C21H27NO5/c1-4-27-20(24)21-11-6-5-7-18(21)22(19(23)10-12-21)14-15-8-9-16(25-2)17(13-15)26-3/h7-9,13H,4-6,10-12,14H2,1-3H3/t21-/m1/s1. The van der Waals surface area contributed by atoms with Crippen LogP contribution in [0.25, 0.3) is 0 Å². The molecule has 0 aromatic heterocycles. The molecule has 0 N–H and O–H groups in total.